The average molecular weight is 370 g/mol. The van der Waals surface area contributed by atoms with Crippen LogP contribution in [0.15, 0.2) is 73.1 Å². The number of aromatic nitrogens is 3. The highest BCUT2D eigenvalue weighted by atomic mass is 16.1. The molecular weight excluding hydrogens is 348 g/mol. The normalized spacial score (nSPS) is 13.7. The lowest BCUT2D eigenvalue weighted by molar-refractivity contribution is 0.0952. The molecule has 0 aliphatic heterocycles. The van der Waals surface area contributed by atoms with Crippen molar-refractivity contribution in [3.63, 3.8) is 0 Å². The van der Waals surface area contributed by atoms with Gasteiger partial charge in [0.1, 0.15) is 5.69 Å². The van der Waals surface area contributed by atoms with Gasteiger partial charge in [-0.15, -0.1) is 0 Å². The van der Waals surface area contributed by atoms with E-state index in [2.05, 4.69) is 5.32 Å². The van der Waals surface area contributed by atoms with Crippen LogP contribution in [0.25, 0.3) is 16.9 Å². The molecule has 1 N–H and O–H groups in total. The van der Waals surface area contributed by atoms with E-state index in [4.69, 9.17) is 5.10 Å². The Bertz CT molecular complexity index is 1120. The molecule has 1 aromatic carbocycles. The first-order valence-corrected chi connectivity index (χ1v) is 9.74. The zero-order chi connectivity index (χ0) is 18.9. The van der Waals surface area contributed by atoms with Crippen molar-refractivity contribution in [1.29, 1.82) is 0 Å². The molecule has 5 rings (SSSR count). The summed E-state index contributed by atoms with van der Waals surface area (Å²) in [5.41, 5.74) is 4.47. The molecular formula is C23H22N4O. The first kappa shape index (κ1) is 16.8. The Kier molecular flexibility index (Phi) is 4.20. The van der Waals surface area contributed by atoms with Crippen LogP contribution < -0.4 is 5.32 Å². The number of hydrogen-bond acceptors (Lipinski definition) is 2. The Morgan fingerprint density at radius 3 is 2.68 bits per heavy atom. The molecule has 0 unspecified atom stereocenters. The minimum atomic E-state index is -0.0729. The van der Waals surface area contributed by atoms with Crippen LogP contribution in [0.1, 0.15) is 28.8 Å². The Balaban J connectivity index is 1.44. The smallest absolute Gasteiger partial charge is 0.253 e. The van der Waals surface area contributed by atoms with Gasteiger partial charge < -0.3 is 9.72 Å². The van der Waals surface area contributed by atoms with Crippen LogP contribution >= 0.6 is 0 Å². The number of carbonyl (C=O) groups is 1. The average Bonchev–Trinajstić information content (AvgIpc) is 3.28. The standard InChI is InChI=1S/C23H22N4O/c28-23(24-15-17-6-2-1-3-7-17)19-14-22(27-12-5-4-8-21(19)27)20-11-13-26(25-20)16-18-9-10-18/h1-8,11-14,18H,9-10,15-16H2,(H,24,28). The van der Waals surface area contributed by atoms with Crippen molar-refractivity contribution in [3.8, 4) is 11.4 Å². The Labute approximate surface area is 163 Å². The van der Waals surface area contributed by atoms with Crippen molar-refractivity contribution in [2.75, 3.05) is 0 Å². The third-order valence-electron chi connectivity index (χ3n) is 5.26. The molecule has 1 aliphatic carbocycles. The van der Waals surface area contributed by atoms with Crippen LogP contribution in [0.5, 0.6) is 0 Å². The molecule has 1 aliphatic rings. The number of nitrogens with zero attached hydrogens (tertiary/aromatic N) is 3. The number of hydrogen-bond donors (Lipinski definition) is 1. The first-order chi connectivity index (χ1) is 13.8. The quantitative estimate of drug-likeness (QED) is 0.554. The van der Waals surface area contributed by atoms with Gasteiger partial charge in [0, 0.05) is 25.5 Å². The minimum absolute atomic E-state index is 0.0729. The highest BCUT2D eigenvalue weighted by molar-refractivity contribution is 6.02. The fourth-order valence-electron chi connectivity index (χ4n) is 3.57. The molecule has 0 atom stereocenters. The van der Waals surface area contributed by atoms with E-state index in [-0.39, 0.29) is 5.91 Å². The molecule has 0 saturated heterocycles. The molecule has 28 heavy (non-hydrogen) atoms. The van der Waals surface area contributed by atoms with Crippen molar-refractivity contribution in [2.45, 2.75) is 25.9 Å². The molecule has 5 heteroatoms. The van der Waals surface area contributed by atoms with Crippen molar-refractivity contribution in [3.05, 3.63) is 84.2 Å². The van der Waals surface area contributed by atoms with Crippen LogP contribution in [0, 0.1) is 5.92 Å². The monoisotopic (exact) mass is 370 g/mol. The zero-order valence-electron chi connectivity index (χ0n) is 15.6. The maximum absolute atomic E-state index is 12.9. The van der Waals surface area contributed by atoms with Gasteiger partial charge in [0.25, 0.3) is 5.91 Å². The largest absolute Gasteiger partial charge is 0.348 e. The molecule has 140 valence electrons. The summed E-state index contributed by atoms with van der Waals surface area (Å²) in [7, 11) is 0. The van der Waals surface area contributed by atoms with Gasteiger partial charge in [-0.25, -0.2) is 0 Å². The fraction of sp³-hybridized carbons (Fsp3) is 0.217. The summed E-state index contributed by atoms with van der Waals surface area (Å²) in [6, 6.07) is 19.8. The maximum atomic E-state index is 12.9. The summed E-state index contributed by atoms with van der Waals surface area (Å²) < 4.78 is 4.06. The second-order valence-electron chi connectivity index (χ2n) is 7.43. The van der Waals surface area contributed by atoms with Crippen molar-refractivity contribution in [1.82, 2.24) is 19.5 Å². The third-order valence-corrected chi connectivity index (χ3v) is 5.26. The first-order valence-electron chi connectivity index (χ1n) is 9.74. The summed E-state index contributed by atoms with van der Waals surface area (Å²) in [6.45, 7) is 1.49. The number of pyridine rings is 1. The van der Waals surface area contributed by atoms with Crippen LogP contribution in [0.2, 0.25) is 0 Å². The van der Waals surface area contributed by atoms with Gasteiger partial charge in [-0.3, -0.25) is 9.48 Å². The minimum Gasteiger partial charge on any atom is -0.348 e. The fourth-order valence-corrected chi connectivity index (χ4v) is 3.57. The number of amides is 1. The summed E-state index contributed by atoms with van der Waals surface area (Å²) >= 11 is 0. The SMILES string of the molecule is O=C(NCc1ccccc1)c1cc(-c2ccn(CC3CC3)n2)n2ccccc12. The molecule has 5 nitrogen and oxygen atoms in total. The van der Waals surface area contributed by atoms with Gasteiger partial charge in [-0.2, -0.15) is 5.10 Å². The maximum Gasteiger partial charge on any atom is 0.253 e. The van der Waals surface area contributed by atoms with E-state index in [9.17, 15) is 4.79 Å². The Morgan fingerprint density at radius 2 is 1.86 bits per heavy atom. The summed E-state index contributed by atoms with van der Waals surface area (Å²) in [5.74, 6) is 0.701. The molecule has 0 spiro atoms. The van der Waals surface area contributed by atoms with Gasteiger partial charge >= 0.3 is 0 Å². The number of fused-ring (bicyclic) bond motifs is 1. The molecule has 1 saturated carbocycles. The molecule has 1 fully saturated rings. The lowest BCUT2D eigenvalue weighted by Gasteiger charge is -2.04. The number of rotatable bonds is 6. The van der Waals surface area contributed by atoms with Crippen molar-refractivity contribution in [2.24, 2.45) is 5.92 Å². The van der Waals surface area contributed by atoms with Gasteiger partial charge in [0.05, 0.1) is 16.8 Å². The number of benzene rings is 1. The highest BCUT2D eigenvalue weighted by Crippen LogP contribution is 2.31. The van der Waals surface area contributed by atoms with Gasteiger partial charge in [-0.1, -0.05) is 36.4 Å². The molecule has 4 aromatic rings. The molecule has 0 radical (unpaired) electrons. The lowest BCUT2D eigenvalue weighted by atomic mass is 10.2. The van der Waals surface area contributed by atoms with E-state index >= 15 is 0 Å². The topological polar surface area (TPSA) is 51.3 Å². The van der Waals surface area contributed by atoms with Gasteiger partial charge in [0.15, 0.2) is 0 Å². The molecule has 0 bridgehead atoms. The number of nitrogens with one attached hydrogen (secondary N) is 1. The van der Waals surface area contributed by atoms with E-state index in [0.717, 1.165) is 34.9 Å². The third kappa shape index (κ3) is 3.31. The van der Waals surface area contributed by atoms with E-state index in [1.54, 1.807) is 0 Å². The second-order valence-corrected chi connectivity index (χ2v) is 7.43. The van der Waals surface area contributed by atoms with E-state index < -0.39 is 0 Å². The Hall–Kier alpha value is -3.34. The summed E-state index contributed by atoms with van der Waals surface area (Å²) in [6.07, 6.45) is 6.62. The van der Waals surface area contributed by atoms with Crippen LogP contribution in [-0.2, 0) is 13.1 Å². The zero-order valence-corrected chi connectivity index (χ0v) is 15.6. The van der Waals surface area contributed by atoms with Gasteiger partial charge in [0.2, 0.25) is 0 Å². The summed E-state index contributed by atoms with van der Waals surface area (Å²) in [5, 5.41) is 7.78. The van der Waals surface area contributed by atoms with Crippen LogP contribution in [0.4, 0.5) is 0 Å². The molecule has 1 amide bonds. The predicted octanol–water partition coefficient (Wildman–Crippen LogP) is 4.14. The molecule has 3 heterocycles. The Morgan fingerprint density at radius 1 is 1.04 bits per heavy atom. The van der Waals surface area contributed by atoms with Crippen molar-refractivity contribution < 1.29 is 4.79 Å². The summed E-state index contributed by atoms with van der Waals surface area (Å²) in [4.78, 5) is 12.9. The highest BCUT2D eigenvalue weighted by Gasteiger charge is 2.23. The van der Waals surface area contributed by atoms with Crippen molar-refractivity contribution >= 4 is 11.4 Å². The number of carbonyl (C=O) groups excluding carboxylic acids is 1. The van der Waals surface area contributed by atoms with E-state index in [1.165, 1.54) is 12.8 Å². The van der Waals surface area contributed by atoms with Crippen LogP contribution in [0.3, 0.4) is 0 Å². The predicted molar refractivity (Wildman–Crippen MR) is 109 cm³/mol. The van der Waals surface area contributed by atoms with E-state index in [1.807, 2.05) is 82.1 Å². The second kappa shape index (κ2) is 7.00. The van der Waals surface area contributed by atoms with Crippen LogP contribution in [-0.4, -0.2) is 20.1 Å². The molecule has 3 aromatic heterocycles. The lowest BCUT2D eigenvalue weighted by Crippen LogP contribution is -2.22. The van der Waals surface area contributed by atoms with E-state index in [0.29, 0.717) is 12.1 Å². The van der Waals surface area contributed by atoms with Gasteiger partial charge in [-0.05, 0) is 48.6 Å².